The second kappa shape index (κ2) is 8.74. The van der Waals surface area contributed by atoms with Crippen LogP contribution in [0.15, 0.2) is 0 Å². The van der Waals surface area contributed by atoms with Gasteiger partial charge >= 0.3 is 12.0 Å². The predicted octanol–water partition coefficient (Wildman–Crippen LogP) is 1.38. The Morgan fingerprint density at radius 1 is 1.16 bits per heavy atom. The summed E-state index contributed by atoms with van der Waals surface area (Å²) in [6, 6.07) is -0.101. The molecule has 2 N–H and O–H groups in total. The normalized spacial score (nSPS) is 12.3. The molecule has 0 aromatic rings. The number of rotatable bonds is 8. The fourth-order valence-electron chi connectivity index (χ4n) is 1.67. The van der Waals surface area contributed by atoms with Crippen LogP contribution in [0.1, 0.15) is 40.0 Å². The van der Waals surface area contributed by atoms with Crippen LogP contribution in [-0.2, 0) is 4.79 Å². The highest BCUT2D eigenvalue weighted by Crippen LogP contribution is 2.07. The molecule has 0 aromatic heterocycles. The molecule has 19 heavy (non-hydrogen) atoms. The molecule has 0 aliphatic carbocycles. The van der Waals surface area contributed by atoms with Crippen LogP contribution < -0.4 is 0 Å². The summed E-state index contributed by atoms with van der Waals surface area (Å²) in [5.74, 6) is -0.849. The third-order valence-electron chi connectivity index (χ3n) is 2.87. The summed E-state index contributed by atoms with van der Waals surface area (Å²) in [6.07, 6.45) is 0.607. The molecule has 0 bridgehead atoms. The van der Waals surface area contributed by atoms with Crippen molar-refractivity contribution in [1.29, 1.82) is 0 Å². The topological polar surface area (TPSA) is 81.1 Å². The highest BCUT2D eigenvalue weighted by molar-refractivity contribution is 5.74. The molecule has 0 radical (unpaired) electrons. The van der Waals surface area contributed by atoms with Gasteiger partial charge in [0.2, 0.25) is 0 Å². The molecular weight excluding hydrogens is 248 g/mol. The van der Waals surface area contributed by atoms with Crippen LogP contribution >= 0.6 is 0 Å². The number of hydrogen-bond acceptors (Lipinski definition) is 3. The van der Waals surface area contributed by atoms with Crippen molar-refractivity contribution >= 4 is 12.0 Å². The molecule has 0 heterocycles. The van der Waals surface area contributed by atoms with Crippen LogP contribution in [0.4, 0.5) is 4.79 Å². The molecule has 6 heteroatoms. The fourth-order valence-corrected chi connectivity index (χ4v) is 1.67. The molecule has 1 unspecified atom stereocenters. The molecule has 2 amide bonds. The van der Waals surface area contributed by atoms with Crippen LogP contribution in [0, 0.1) is 0 Å². The van der Waals surface area contributed by atoms with Crippen molar-refractivity contribution in [2.45, 2.75) is 52.2 Å². The second-order valence-corrected chi connectivity index (χ2v) is 5.13. The monoisotopic (exact) mass is 274 g/mol. The number of aliphatic carboxylic acids is 1. The van der Waals surface area contributed by atoms with Crippen molar-refractivity contribution in [3.05, 3.63) is 0 Å². The molecule has 0 aromatic carbocycles. The van der Waals surface area contributed by atoms with Crippen LogP contribution in [0.2, 0.25) is 0 Å². The highest BCUT2D eigenvalue weighted by Gasteiger charge is 2.20. The molecule has 0 fully saturated rings. The zero-order chi connectivity index (χ0) is 15.0. The van der Waals surface area contributed by atoms with E-state index in [9.17, 15) is 14.7 Å². The van der Waals surface area contributed by atoms with Gasteiger partial charge in [0, 0.05) is 32.6 Å². The van der Waals surface area contributed by atoms with Gasteiger partial charge in [0.15, 0.2) is 0 Å². The molecule has 0 saturated heterocycles. The van der Waals surface area contributed by atoms with Gasteiger partial charge < -0.3 is 20.0 Å². The Labute approximate surface area is 115 Å². The molecule has 0 spiro atoms. The van der Waals surface area contributed by atoms with E-state index in [0.717, 1.165) is 0 Å². The quantitative estimate of drug-likeness (QED) is 0.700. The standard InChI is InChI=1S/C13H26N2O4/c1-10(2)15(8-5-6-12(17)18)13(19)14(4)9-7-11(3)16/h10-11,16H,5-9H2,1-4H3,(H,17,18). The van der Waals surface area contributed by atoms with E-state index < -0.39 is 12.1 Å². The predicted molar refractivity (Wildman–Crippen MR) is 73.0 cm³/mol. The van der Waals surface area contributed by atoms with Gasteiger partial charge in [0.25, 0.3) is 0 Å². The highest BCUT2D eigenvalue weighted by atomic mass is 16.4. The lowest BCUT2D eigenvalue weighted by molar-refractivity contribution is -0.137. The minimum Gasteiger partial charge on any atom is -0.481 e. The van der Waals surface area contributed by atoms with E-state index in [0.29, 0.717) is 25.9 Å². The zero-order valence-electron chi connectivity index (χ0n) is 12.3. The van der Waals surface area contributed by atoms with Crippen LogP contribution in [-0.4, -0.2) is 64.3 Å². The van der Waals surface area contributed by atoms with E-state index >= 15 is 0 Å². The SMILES string of the molecule is CC(O)CCN(C)C(=O)N(CCCC(=O)O)C(C)C. The Kier molecular flexibility index (Phi) is 8.14. The van der Waals surface area contributed by atoms with Gasteiger partial charge in [-0.1, -0.05) is 0 Å². The molecule has 0 aliphatic heterocycles. The van der Waals surface area contributed by atoms with Gasteiger partial charge in [0.05, 0.1) is 6.10 Å². The van der Waals surface area contributed by atoms with E-state index in [1.807, 2.05) is 13.8 Å². The van der Waals surface area contributed by atoms with E-state index in [1.54, 1.807) is 23.8 Å². The zero-order valence-corrected chi connectivity index (χ0v) is 12.3. The molecule has 112 valence electrons. The number of carbonyl (C=O) groups excluding carboxylic acids is 1. The molecular formula is C13H26N2O4. The lowest BCUT2D eigenvalue weighted by Gasteiger charge is -2.31. The Hall–Kier alpha value is -1.30. The summed E-state index contributed by atoms with van der Waals surface area (Å²) >= 11 is 0. The summed E-state index contributed by atoms with van der Waals surface area (Å²) < 4.78 is 0. The minimum absolute atomic E-state index is 0.0234. The van der Waals surface area contributed by atoms with Gasteiger partial charge in [-0.25, -0.2) is 4.79 Å². The number of aliphatic hydroxyl groups excluding tert-OH is 1. The average Bonchev–Trinajstić information content (AvgIpc) is 2.29. The van der Waals surface area contributed by atoms with Crippen LogP contribution in [0.5, 0.6) is 0 Å². The second-order valence-electron chi connectivity index (χ2n) is 5.13. The average molecular weight is 274 g/mol. The van der Waals surface area contributed by atoms with Crippen LogP contribution in [0.25, 0.3) is 0 Å². The Bertz CT molecular complexity index is 292. The van der Waals surface area contributed by atoms with Gasteiger partial charge in [-0.3, -0.25) is 4.79 Å². The lowest BCUT2D eigenvalue weighted by atomic mass is 10.2. The Balaban J connectivity index is 4.35. The first-order chi connectivity index (χ1) is 8.75. The van der Waals surface area contributed by atoms with Crippen molar-refractivity contribution in [3.63, 3.8) is 0 Å². The van der Waals surface area contributed by atoms with Gasteiger partial charge in [0.1, 0.15) is 0 Å². The number of carboxylic acids is 1. The van der Waals surface area contributed by atoms with Crippen molar-refractivity contribution in [1.82, 2.24) is 9.80 Å². The number of carbonyl (C=O) groups is 2. The molecule has 6 nitrogen and oxygen atoms in total. The van der Waals surface area contributed by atoms with Crippen molar-refractivity contribution in [2.75, 3.05) is 20.1 Å². The third kappa shape index (κ3) is 7.66. The lowest BCUT2D eigenvalue weighted by Crippen LogP contribution is -2.46. The van der Waals surface area contributed by atoms with E-state index in [1.165, 1.54) is 0 Å². The maximum atomic E-state index is 12.2. The summed E-state index contributed by atoms with van der Waals surface area (Å²) in [4.78, 5) is 25.9. The number of urea groups is 1. The number of nitrogens with zero attached hydrogens (tertiary/aromatic N) is 2. The van der Waals surface area contributed by atoms with Gasteiger partial charge in [-0.2, -0.15) is 0 Å². The van der Waals surface area contributed by atoms with Crippen molar-refractivity contribution in [3.8, 4) is 0 Å². The number of hydrogen-bond donors (Lipinski definition) is 2. The van der Waals surface area contributed by atoms with E-state index in [2.05, 4.69) is 0 Å². The van der Waals surface area contributed by atoms with E-state index in [-0.39, 0.29) is 18.5 Å². The third-order valence-corrected chi connectivity index (χ3v) is 2.87. The van der Waals surface area contributed by atoms with Gasteiger partial charge in [-0.05, 0) is 33.6 Å². The molecule has 0 rings (SSSR count). The fraction of sp³-hybridized carbons (Fsp3) is 0.846. The summed E-state index contributed by atoms with van der Waals surface area (Å²) in [5.41, 5.74) is 0. The number of amides is 2. The molecule has 1 atom stereocenters. The molecule has 0 aliphatic rings. The summed E-state index contributed by atoms with van der Waals surface area (Å²) in [7, 11) is 1.69. The number of aliphatic hydroxyl groups is 1. The summed E-state index contributed by atoms with van der Waals surface area (Å²) in [5, 5.41) is 17.8. The maximum Gasteiger partial charge on any atom is 0.319 e. The smallest absolute Gasteiger partial charge is 0.319 e. The summed E-state index contributed by atoms with van der Waals surface area (Å²) in [6.45, 7) is 6.41. The van der Waals surface area contributed by atoms with Crippen molar-refractivity contribution in [2.24, 2.45) is 0 Å². The van der Waals surface area contributed by atoms with E-state index in [4.69, 9.17) is 5.11 Å². The number of carboxylic acid groups (broad SMARTS) is 1. The Morgan fingerprint density at radius 3 is 2.16 bits per heavy atom. The van der Waals surface area contributed by atoms with Gasteiger partial charge in [-0.15, -0.1) is 0 Å². The molecule has 0 saturated carbocycles. The van der Waals surface area contributed by atoms with Crippen molar-refractivity contribution < 1.29 is 19.8 Å². The first-order valence-corrected chi connectivity index (χ1v) is 6.67. The maximum absolute atomic E-state index is 12.2. The Morgan fingerprint density at radius 2 is 1.74 bits per heavy atom. The first-order valence-electron chi connectivity index (χ1n) is 6.67. The largest absolute Gasteiger partial charge is 0.481 e. The van der Waals surface area contributed by atoms with Crippen LogP contribution in [0.3, 0.4) is 0 Å². The minimum atomic E-state index is -0.849. The first kappa shape index (κ1) is 17.7.